The number of sulfonamides is 1. The summed E-state index contributed by atoms with van der Waals surface area (Å²) in [6.07, 6.45) is 3.39. The second kappa shape index (κ2) is 9.67. The van der Waals surface area contributed by atoms with Crippen molar-refractivity contribution >= 4 is 21.6 Å². The van der Waals surface area contributed by atoms with Gasteiger partial charge in [-0.3, -0.25) is 13.8 Å². The Labute approximate surface area is 184 Å². The Morgan fingerprint density at radius 2 is 1.97 bits per heavy atom. The monoisotopic (exact) mass is 449 g/mol. The van der Waals surface area contributed by atoms with Gasteiger partial charge in [-0.15, -0.1) is 0 Å². The van der Waals surface area contributed by atoms with E-state index in [4.69, 9.17) is 4.74 Å². The molecule has 10 heteroatoms. The van der Waals surface area contributed by atoms with Crippen molar-refractivity contribution in [3.63, 3.8) is 0 Å². The molecule has 170 valence electrons. The smallest absolute Gasteiger partial charge is 0.234 e. The van der Waals surface area contributed by atoms with Crippen molar-refractivity contribution in [2.45, 2.75) is 52.7 Å². The molecule has 9 nitrogen and oxygen atoms in total. The quantitative estimate of drug-likeness (QED) is 0.612. The van der Waals surface area contributed by atoms with Gasteiger partial charge in [0.15, 0.2) is 0 Å². The van der Waals surface area contributed by atoms with Gasteiger partial charge in [0, 0.05) is 57.7 Å². The number of aromatic nitrogens is 3. The number of nitrogens with zero attached hydrogens (tertiary/aromatic N) is 5. The Balaban J connectivity index is 1.46. The van der Waals surface area contributed by atoms with Crippen LogP contribution in [0.15, 0.2) is 24.4 Å². The van der Waals surface area contributed by atoms with Crippen LogP contribution >= 0.6 is 0 Å². The molecule has 0 aliphatic carbocycles. The molecule has 0 radical (unpaired) electrons. The highest BCUT2D eigenvalue weighted by Gasteiger charge is 2.24. The zero-order valence-electron chi connectivity index (χ0n) is 18.6. The summed E-state index contributed by atoms with van der Waals surface area (Å²) in [6.45, 7) is 7.44. The third-order valence-corrected chi connectivity index (χ3v) is 7.36. The topological polar surface area (TPSA) is 97.6 Å². The number of ether oxygens (including phenoxy) is 1. The fourth-order valence-electron chi connectivity index (χ4n) is 3.64. The lowest BCUT2D eigenvalue weighted by molar-refractivity contribution is -0.133. The minimum Gasteiger partial charge on any atom is -0.474 e. The van der Waals surface area contributed by atoms with Crippen molar-refractivity contribution in [3.8, 4) is 5.88 Å². The molecule has 2 aromatic heterocycles. The molecule has 1 saturated heterocycles. The average molecular weight is 450 g/mol. The first kappa shape index (κ1) is 23.1. The van der Waals surface area contributed by atoms with Crippen LogP contribution in [0.5, 0.6) is 5.88 Å². The van der Waals surface area contributed by atoms with Crippen molar-refractivity contribution in [2.75, 3.05) is 30.2 Å². The van der Waals surface area contributed by atoms with E-state index < -0.39 is 10.0 Å². The van der Waals surface area contributed by atoms with Gasteiger partial charge in [-0.25, -0.2) is 13.4 Å². The number of likely N-dealkylation sites (tertiary alicyclic amines) is 1. The normalized spacial score (nSPS) is 15.2. The summed E-state index contributed by atoms with van der Waals surface area (Å²) in [5.74, 6) is 0.620. The Bertz CT molecular complexity index is 995. The maximum absolute atomic E-state index is 12.5. The molecule has 0 spiro atoms. The van der Waals surface area contributed by atoms with E-state index in [1.807, 2.05) is 29.5 Å². The van der Waals surface area contributed by atoms with Gasteiger partial charge in [-0.05, 0) is 32.9 Å². The lowest BCUT2D eigenvalue weighted by atomic mass is 10.1. The molecule has 1 aliphatic heterocycles. The number of pyridine rings is 1. The van der Waals surface area contributed by atoms with E-state index in [0.717, 1.165) is 24.2 Å². The molecule has 0 aromatic carbocycles. The van der Waals surface area contributed by atoms with Gasteiger partial charge in [-0.1, -0.05) is 0 Å². The second-order valence-corrected chi connectivity index (χ2v) is 10.1. The molecule has 0 unspecified atom stereocenters. The highest BCUT2D eigenvalue weighted by atomic mass is 32.2. The Kier molecular flexibility index (Phi) is 7.19. The maximum atomic E-state index is 12.5. The molecule has 1 amide bonds. The lowest BCUT2D eigenvalue weighted by Crippen LogP contribution is -2.42. The highest BCUT2D eigenvalue weighted by Crippen LogP contribution is 2.21. The van der Waals surface area contributed by atoms with Crippen molar-refractivity contribution < 1.29 is 17.9 Å². The van der Waals surface area contributed by atoms with Gasteiger partial charge >= 0.3 is 0 Å². The van der Waals surface area contributed by atoms with Crippen molar-refractivity contribution in [2.24, 2.45) is 0 Å². The fourth-order valence-corrected chi connectivity index (χ4v) is 4.45. The van der Waals surface area contributed by atoms with E-state index >= 15 is 0 Å². The molecule has 0 bridgehead atoms. The first-order valence-corrected chi connectivity index (χ1v) is 12.2. The van der Waals surface area contributed by atoms with Crippen molar-refractivity contribution in [1.82, 2.24) is 19.7 Å². The minimum atomic E-state index is -3.32. The number of aryl methyl sites for hydroxylation is 3. The molecular formula is C21H31N5O4S. The van der Waals surface area contributed by atoms with E-state index in [1.165, 1.54) is 17.5 Å². The number of hydrogen-bond donors (Lipinski definition) is 0. The molecule has 3 heterocycles. The van der Waals surface area contributed by atoms with Crippen LogP contribution in [0, 0.1) is 13.8 Å². The molecule has 2 aromatic rings. The number of piperidine rings is 1. The molecular weight excluding hydrogens is 418 g/mol. The standard InChI is InChI=1S/C21H31N5O4S/c1-5-31(28,29)24(4)18-6-7-20(22-15-18)30-19-8-11-25(12-9-19)21(27)10-13-26-17(3)14-16(2)23-26/h6-7,14-15,19H,5,8-13H2,1-4H3. The van der Waals surface area contributed by atoms with E-state index in [-0.39, 0.29) is 17.8 Å². The van der Waals surface area contributed by atoms with E-state index in [2.05, 4.69) is 10.1 Å². The summed E-state index contributed by atoms with van der Waals surface area (Å²) in [7, 11) is -1.81. The number of amides is 1. The van der Waals surface area contributed by atoms with Crippen LogP contribution in [0.2, 0.25) is 0 Å². The molecule has 3 rings (SSSR count). The third kappa shape index (κ3) is 5.75. The summed E-state index contributed by atoms with van der Waals surface area (Å²) in [6, 6.07) is 5.38. The van der Waals surface area contributed by atoms with Gasteiger partial charge in [0.05, 0.1) is 23.3 Å². The summed E-state index contributed by atoms with van der Waals surface area (Å²) in [5, 5.41) is 4.40. The first-order valence-electron chi connectivity index (χ1n) is 10.6. The van der Waals surface area contributed by atoms with Crippen LogP contribution in [0.4, 0.5) is 5.69 Å². The Morgan fingerprint density at radius 3 is 2.52 bits per heavy atom. The SMILES string of the molecule is CCS(=O)(=O)N(C)c1ccc(OC2CCN(C(=O)CCn3nc(C)cc3C)CC2)nc1. The van der Waals surface area contributed by atoms with Crippen molar-refractivity contribution in [1.29, 1.82) is 0 Å². The predicted molar refractivity (Wildman–Crippen MR) is 119 cm³/mol. The zero-order chi connectivity index (χ0) is 22.6. The van der Waals surface area contributed by atoms with Crippen LogP contribution in [0.1, 0.15) is 37.6 Å². The average Bonchev–Trinajstić information content (AvgIpc) is 3.09. The molecule has 0 saturated carbocycles. The molecule has 1 aliphatic rings. The summed E-state index contributed by atoms with van der Waals surface area (Å²) in [5.41, 5.74) is 2.52. The second-order valence-electron chi connectivity index (χ2n) is 7.82. The van der Waals surface area contributed by atoms with E-state index in [1.54, 1.807) is 19.1 Å². The van der Waals surface area contributed by atoms with Gasteiger partial charge in [0.1, 0.15) is 6.10 Å². The summed E-state index contributed by atoms with van der Waals surface area (Å²) >= 11 is 0. The third-order valence-electron chi connectivity index (χ3n) is 5.59. The Hall–Kier alpha value is -2.62. The fraction of sp³-hybridized carbons (Fsp3) is 0.571. The van der Waals surface area contributed by atoms with Gasteiger partial charge < -0.3 is 9.64 Å². The molecule has 0 atom stereocenters. The highest BCUT2D eigenvalue weighted by molar-refractivity contribution is 7.92. The molecule has 31 heavy (non-hydrogen) atoms. The van der Waals surface area contributed by atoms with Crippen LogP contribution in [0.25, 0.3) is 0 Å². The largest absolute Gasteiger partial charge is 0.474 e. The number of anilines is 1. The van der Waals surface area contributed by atoms with Crippen molar-refractivity contribution in [3.05, 3.63) is 35.8 Å². The lowest BCUT2D eigenvalue weighted by Gasteiger charge is -2.32. The minimum absolute atomic E-state index is 0.0180. The number of hydrogen-bond acceptors (Lipinski definition) is 6. The van der Waals surface area contributed by atoms with E-state index in [9.17, 15) is 13.2 Å². The van der Waals surface area contributed by atoms with Crippen LogP contribution in [0.3, 0.4) is 0 Å². The van der Waals surface area contributed by atoms with Crippen LogP contribution in [-0.2, 0) is 21.4 Å². The van der Waals surface area contributed by atoms with Crippen LogP contribution in [-0.4, -0.2) is 66.0 Å². The number of carbonyl (C=O) groups is 1. The molecule has 0 N–H and O–H groups in total. The first-order chi connectivity index (χ1) is 14.7. The molecule has 1 fully saturated rings. The summed E-state index contributed by atoms with van der Waals surface area (Å²) < 4.78 is 33.0. The van der Waals surface area contributed by atoms with E-state index in [0.29, 0.717) is 37.6 Å². The van der Waals surface area contributed by atoms with Gasteiger partial charge in [0.2, 0.25) is 21.8 Å². The summed E-state index contributed by atoms with van der Waals surface area (Å²) in [4.78, 5) is 18.7. The Morgan fingerprint density at radius 1 is 1.26 bits per heavy atom. The van der Waals surface area contributed by atoms with Gasteiger partial charge in [-0.2, -0.15) is 5.10 Å². The zero-order valence-corrected chi connectivity index (χ0v) is 19.4. The predicted octanol–water partition coefficient (Wildman–Crippen LogP) is 2.14. The number of rotatable bonds is 8. The van der Waals surface area contributed by atoms with Gasteiger partial charge in [0.25, 0.3) is 0 Å². The number of carbonyl (C=O) groups excluding carboxylic acids is 1. The van der Waals surface area contributed by atoms with Crippen LogP contribution < -0.4 is 9.04 Å². The maximum Gasteiger partial charge on any atom is 0.234 e.